The van der Waals surface area contributed by atoms with Crippen molar-refractivity contribution < 1.29 is 0 Å². The topological polar surface area (TPSA) is 54.9 Å². The summed E-state index contributed by atoms with van der Waals surface area (Å²) in [5, 5.41) is 0. The molecule has 4 rings (SSSR count). The third-order valence-electron chi connectivity index (χ3n) is 5.71. The van der Waals surface area contributed by atoms with Gasteiger partial charge in [-0.15, -0.1) is 0 Å². The third kappa shape index (κ3) is 2.29. The highest BCUT2D eigenvalue weighted by Crippen LogP contribution is 2.41. The average molecular weight is 346 g/mol. The maximum absolute atomic E-state index is 13.5. The van der Waals surface area contributed by atoms with Gasteiger partial charge in [-0.05, 0) is 37.0 Å². The van der Waals surface area contributed by atoms with Gasteiger partial charge < -0.3 is 4.98 Å². The van der Waals surface area contributed by atoms with E-state index in [4.69, 9.17) is 0 Å². The number of hydrogen-bond acceptors (Lipinski definition) is 2. The number of aryl methyl sites for hydroxylation is 1. The first-order chi connectivity index (χ1) is 12.5. The number of hydrogen-bond donors (Lipinski definition) is 1. The van der Waals surface area contributed by atoms with E-state index < -0.39 is 5.69 Å². The molecule has 1 unspecified atom stereocenters. The molecule has 0 bridgehead atoms. The van der Waals surface area contributed by atoms with Crippen LogP contribution in [-0.2, 0) is 11.8 Å². The number of aromatic nitrogens is 2. The maximum atomic E-state index is 13.5. The molecule has 2 aromatic carbocycles. The van der Waals surface area contributed by atoms with Crippen LogP contribution in [0.2, 0.25) is 0 Å². The fourth-order valence-electron chi connectivity index (χ4n) is 4.06. The van der Waals surface area contributed by atoms with Crippen LogP contribution in [0.25, 0.3) is 16.9 Å². The Morgan fingerprint density at radius 1 is 1.08 bits per heavy atom. The van der Waals surface area contributed by atoms with Crippen LogP contribution in [0.4, 0.5) is 0 Å². The minimum atomic E-state index is -0.391. The van der Waals surface area contributed by atoms with Crippen LogP contribution in [0.5, 0.6) is 0 Å². The molecule has 0 aliphatic heterocycles. The number of nitrogens with one attached hydrogen (secondary N) is 1. The molecule has 1 atom stereocenters. The molecular formula is C22H22N2O2. The van der Waals surface area contributed by atoms with Crippen molar-refractivity contribution in [3.63, 3.8) is 0 Å². The molecule has 0 radical (unpaired) electrons. The number of benzene rings is 2. The lowest BCUT2D eigenvalue weighted by molar-refractivity contribution is 0.437. The Balaban J connectivity index is 2.12. The fraction of sp³-hybridized carbons (Fsp3) is 0.273. The van der Waals surface area contributed by atoms with Gasteiger partial charge in [-0.25, -0.2) is 9.36 Å². The van der Waals surface area contributed by atoms with Gasteiger partial charge in [0.15, 0.2) is 0 Å². The van der Waals surface area contributed by atoms with Gasteiger partial charge in [-0.2, -0.15) is 0 Å². The van der Waals surface area contributed by atoms with Gasteiger partial charge in [-0.3, -0.25) is 4.79 Å². The molecule has 26 heavy (non-hydrogen) atoms. The Bertz CT molecular complexity index is 1120. The molecular weight excluding hydrogens is 324 g/mol. The van der Waals surface area contributed by atoms with Gasteiger partial charge in [0.05, 0.1) is 11.4 Å². The van der Waals surface area contributed by atoms with E-state index in [0.29, 0.717) is 16.9 Å². The standard InChI is InChI=1S/C22H22N2O2/c1-4-22(3)13-15-10-6-7-11-16(15)19-18(22)20(25)24(21(26)23-19)17-12-8-5-9-14(17)2/h5-12H,4,13H2,1-3H3,(H,23,26). The summed E-state index contributed by atoms with van der Waals surface area (Å²) in [5.74, 6) is 0. The van der Waals surface area contributed by atoms with Gasteiger partial charge in [0.25, 0.3) is 5.56 Å². The number of aromatic amines is 1. The summed E-state index contributed by atoms with van der Waals surface area (Å²) in [4.78, 5) is 29.4. The lowest BCUT2D eigenvalue weighted by Gasteiger charge is -2.35. The van der Waals surface area contributed by atoms with E-state index in [2.05, 4.69) is 24.9 Å². The van der Waals surface area contributed by atoms with Crippen molar-refractivity contribution in [2.24, 2.45) is 0 Å². The van der Waals surface area contributed by atoms with Crippen molar-refractivity contribution in [2.75, 3.05) is 0 Å². The third-order valence-corrected chi connectivity index (χ3v) is 5.71. The first-order valence-corrected chi connectivity index (χ1v) is 9.00. The van der Waals surface area contributed by atoms with Crippen molar-refractivity contribution in [3.05, 3.63) is 86.1 Å². The quantitative estimate of drug-likeness (QED) is 0.769. The van der Waals surface area contributed by atoms with Crippen LogP contribution >= 0.6 is 0 Å². The molecule has 1 aliphatic rings. The van der Waals surface area contributed by atoms with E-state index in [1.165, 1.54) is 10.1 Å². The molecule has 1 heterocycles. The molecule has 3 aromatic rings. The average Bonchev–Trinajstić information content (AvgIpc) is 2.63. The number of para-hydroxylation sites is 1. The van der Waals surface area contributed by atoms with Gasteiger partial charge in [-0.1, -0.05) is 56.3 Å². The largest absolute Gasteiger partial charge is 0.333 e. The zero-order valence-corrected chi connectivity index (χ0v) is 15.3. The van der Waals surface area contributed by atoms with Crippen molar-refractivity contribution in [2.45, 2.75) is 39.0 Å². The van der Waals surface area contributed by atoms with Gasteiger partial charge in [0.1, 0.15) is 0 Å². The van der Waals surface area contributed by atoms with E-state index >= 15 is 0 Å². The first-order valence-electron chi connectivity index (χ1n) is 9.00. The highest BCUT2D eigenvalue weighted by atomic mass is 16.2. The molecule has 4 nitrogen and oxygen atoms in total. The monoisotopic (exact) mass is 346 g/mol. The second kappa shape index (κ2) is 5.84. The van der Waals surface area contributed by atoms with Crippen LogP contribution in [0, 0.1) is 6.92 Å². The van der Waals surface area contributed by atoms with Crippen LogP contribution in [0.15, 0.2) is 58.1 Å². The predicted molar refractivity (Wildman–Crippen MR) is 104 cm³/mol. The molecule has 1 aliphatic carbocycles. The number of H-pyrrole nitrogens is 1. The summed E-state index contributed by atoms with van der Waals surface area (Å²) in [6.07, 6.45) is 1.62. The lowest BCUT2D eigenvalue weighted by Crippen LogP contribution is -2.44. The van der Waals surface area contributed by atoms with E-state index in [1.54, 1.807) is 0 Å². The normalized spacial score (nSPS) is 18.3. The summed E-state index contributed by atoms with van der Waals surface area (Å²) in [6, 6.07) is 15.5. The van der Waals surface area contributed by atoms with Crippen LogP contribution in [-0.4, -0.2) is 9.55 Å². The van der Waals surface area contributed by atoms with Crippen LogP contribution < -0.4 is 11.2 Å². The van der Waals surface area contributed by atoms with Crippen molar-refractivity contribution >= 4 is 0 Å². The molecule has 0 saturated heterocycles. The Hall–Kier alpha value is -2.88. The SMILES string of the molecule is CCC1(C)Cc2ccccc2-c2[nH]c(=O)n(-c3ccccc3C)c(=O)c21. The first kappa shape index (κ1) is 16.6. The van der Waals surface area contributed by atoms with Crippen molar-refractivity contribution in [1.82, 2.24) is 9.55 Å². The molecule has 1 aromatic heterocycles. The Labute approximate surface area is 152 Å². The minimum Gasteiger partial charge on any atom is -0.306 e. The molecule has 0 fully saturated rings. The fourth-order valence-corrected chi connectivity index (χ4v) is 4.06. The van der Waals surface area contributed by atoms with Gasteiger partial charge in [0, 0.05) is 16.5 Å². The van der Waals surface area contributed by atoms with Gasteiger partial charge >= 0.3 is 5.69 Å². The Kier molecular flexibility index (Phi) is 3.72. The van der Waals surface area contributed by atoms with E-state index in [-0.39, 0.29) is 11.0 Å². The zero-order valence-electron chi connectivity index (χ0n) is 15.3. The second-order valence-electron chi connectivity index (χ2n) is 7.36. The smallest absolute Gasteiger partial charge is 0.306 e. The second-order valence-corrected chi connectivity index (χ2v) is 7.36. The summed E-state index contributed by atoms with van der Waals surface area (Å²) < 4.78 is 1.29. The van der Waals surface area contributed by atoms with Crippen LogP contribution in [0.1, 0.15) is 37.0 Å². The van der Waals surface area contributed by atoms with E-state index in [1.807, 2.05) is 49.4 Å². The molecule has 1 N–H and O–H groups in total. The maximum Gasteiger partial charge on any atom is 0.333 e. The number of fused-ring (bicyclic) bond motifs is 3. The molecule has 4 heteroatoms. The van der Waals surface area contributed by atoms with Crippen molar-refractivity contribution in [1.29, 1.82) is 0 Å². The van der Waals surface area contributed by atoms with E-state index in [9.17, 15) is 9.59 Å². The highest BCUT2D eigenvalue weighted by Gasteiger charge is 2.37. The summed E-state index contributed by atoms with van der Waals surface area (Å²) in [6.45, 7) is 6.12. The molecule has 0 spiro atoms. The summed E-state index contributed by atoms with van der Waals surface area (Å²) in [7, 11) is 0. The predicted octanol–water partition coefficient (Wildman–Crippen LogP) is 3.73. The minimum absolute atomic E-state index is 0.211. The van der Waals surface area contributed by atoms with Crippen molar-refractivity contribution in [3.8, 4) is 16.9 Å². The highest BCUT2D eigenvalue weighted by molar-refractivity contribution is 5.71. The summed E-state index contributed by atoms with van der Waals surface area (Å²) in [5.41, 5.74) is 4.14. The zero-order chi connectivity index (χ0) is 18.5. The van der Waals surface area contributed by atoms with Crippen LogP contribution in [0.3, 0.4) is 0 Å². The number of rotatable bonds is 2. The van der Waals surface area contributed by atoms with E-state index in [0.717, 1.165) is 24.0 Å². The molecule has 132 valence electrons. The molecule has 0 amide bonds. The lowest BCUT2D eigenvalue weighted by atomic mass is 9.69. The van der Waals surface area contributed by atoms with Gasteiger partial charge in [0.2, 0.25) is 0 Å². The molecule has 0 saturated carbocycles. The number of nitrogens with zero attached hydrogens (tertiary/aromatic N) is 1. The Morgan fingerprint density at radius 2 is 1.77 bits per heavy atom. The summed E-state index contributed by atoms with van der Waals surface area (Å²) >= 11 is 0. The Morgan fingerprint density at radius 3 is 2.50 bits per heavy atom.